The molecule has 1 aromatic heterocycles. The molecule has 3 rings (SSSR count). The van der Waals surface area contributed by atoms with Gasteiger partial charge in [0, 0.05) is 42.3 Å². The number of aliphatic hydroxyl groups is 1. The van der Waals surface area contributed by atoms with Gasteiger partial charge in [-0.1, -0.05) is 18.2 Å². The molecule has 0 saturated heterocycles. The molecule has 0 aliphatic carbocycles. The molecule has 90 valence electrons. The molecule has 17 heavy (non-hydrogen) atoms. The summed E-state index contributed by atoms with van der Waals surface area (Å²) in [6, 6.07) is 8.31. The van der Waals surface area contributed by atoms with Crippen LogP contribution in [-0.2, 0) is 19.2 Å². The highest BCUT2D eigenvalue weighted by Crippen LogP contribution is 2.37. The Balaban J connectivity index is 2.40. The van der Waals surface area contributed by atoms with Gasteiger partial charge in [0.1, 0.15) is 5.60 Å². The lowest BCUT2D eigenvalue weighted by Crippen LogP contribution is -2.42. The van der Waals surface area contributed by atoms with Gasteiger partial charge in [-0.25, -0.2) is 0 Å². The van der Waals surface area contributed by atoms with Crippen LogP contribution >= 0.6 is 0 Å². The fraction of sp³-hybridized carbons (Fsp3) is 0.429. The van der Waals surface area contributed by atoms with Gasteiger partial charge in [0.15, 0.2) is 0 Å². The molecular weight excluding hydrogens is 212 g/mol. The van der Waals surface area contributed by atoms with E-state index in [2.05, 4.69) is 35.7 Å². The van der Waals surface area contributed by atoms with Crippen LogP contribution < -0.4 is 0 Å². The van der Waals surface area contributed by atoms with Gasteiger partial charge in [-0.2, -0.15) is 0 Å². The van der Waals surface area contributed by atoms with Crippen molar-refractivity contribution in [3.05, 3.63) is 35.5 Å². The molecule has 1 aliphatic rings. The number of nitrogens with zero attached hydrogens (tertiary/aromatic N) is 2. The Hall–Kier alpha value is -1.32. The molecule has 1 aromatic carbocycles. The molecule has 0 saturated carbocycles. The van der Waals surface area contributed by atoms with Crippen molar-refractivity contribution in [2.75, 3.05) is 13.6 Å². The molecule has 1 aliphatic heterocycles. The number of likely N-dealkylation sites (N-methyl/N-ethyl adjacent to an activating group) is 1. The minimum absolute atomic E-state index is 0.688. The molecule has 1 N–H and O–H groups in total. The molecule has 0 fully saturated rings. The van der Waals surface area contributed by atoms with E-state index in [4.69, 9.17) is 0 Å². The molecule has 2 aromatic rings. The Kier molecular flexibility index (Phi) is 2.12. The maximum atomic E-state index is 10.7. The Morgan fingerprint density at radius 3 is 2.71 bits per heavy atom. The lowest BCUT2D eigenvalue weighted by Gasteiger charge is -2.35. The highest BCUT2D eigenvalue weighted by Gasteiger charge is 2.36. The molecule has 3 nitrogen and oxygen atoms in total. The third-order valence-corrected chi connectivity index (χ3v) is 3.76. The van der Waals surface area contributed by atoms with Crippen molar-refractivity contribution in [1.82, 2.24) is 9.47 Å². The number of para-hydroxylation sites is 1. The minimum Gasteiger partial charge on any atom is -0.384 e. The van der Waals surface area contributed by atoms with Crippen LogP contribution in [0.2, 0.25) is 0 Å². The first-order valence-electron chi connectivity index (χ1n) is 5.98. The maximum absolute atomic E-state index is 10.7. The van der Waals surface area contributed by atoms with Gasteiger partial charge in [-0.05, 0) is 20.0 Å². The van der Waals surface area contributed by atoms with Gasteiger partial charge in [0.2, 0.25) is 0 Å². The zero-order valence-electron chi connectivity index (χ0n) is 10.6. The van der Waals surface area contributed by atoms with Crippen molar-refractivity contribution in [2.45, 2.75) is 19.1 Å². The Labute approximate surface area is 101 Å². The molecule has 1 unspecified atom stereocenters. The standard InChI is InChI=1S/C14H18N2O/c1-14(17)9-15(2)8-12-13(14)10-6-4-5-7-11(10)16(12)3/h4-7,17H,8-9H2,1-3H3. The first kappa shape index (κ1) is 10.8. The predicted molar refractivity (Wildman–Crippen MR) is 68.8 cm³/mol. The topological polar surface area (TPSA) is 28.4 Å². The summed E-state index contributed by atoms with van der Waals surface area (Å²) in [5, 5.41) is 11.8. The second kappa shape index (κ2) is 3.34. The number of aryl methyl sites for hydroxylation is 1. The van der Waals surface area contributed by atoms with E-state index in [1.165, 1.54) is 16.6 Å². The SMILES string of the molecule is CN1Cc2c(c3ccccc3n2C)C(C)(O)C1. The van der Waals surface area contributed by atoms with E-state index in [0.717, 1.165) is 12.1 Å². The summed E-state index contributed by atoms with van der Waals surface area (Å²) >= 11 is 0. The van der Waals surface area contributed by atoms with E-state index in [1.54, 1.807) is 0 Å². The van der Waals surface area contributed by atoms with Gasteiger partial charge < -0.3 is 9.67 Å². The normalized spacial score (nSPS) is 25.2. The molecule has 0 bridgehead atoms. The van der Waals surface area contributed by atoms with Crippen molar-refractivity contribution >= 4 is 10.9 Å². The highest BCUT2D eigenvalue weighted by atomic mass is 16.3. The molecule has 1 atom stereocenters. The largest absolute Gasteiger partial charge is 0.384 e. The fourth-order valence-electron chi connectivity index (χ4n) is 3.15. The van der Waals surface area contributed by atoms with Gasteiger partial charge in [-0.3, -0.25) is 4.90 Å². The first-order chi connectivity index (χ1) is 8.00. The predicted octanol–water partition coefficient (Wildman–Crippen LogP) is 1.83. The summed E-state index contributed by atoms with van der Waals surface area (Å²) in [5.41, 5.74) is 2.77. The molecule has 2 heterocycles. The first-order valence-corrected chi connectivity index (χ1v) is 5.98. The lowest BCUT2D eigenvalue weighted by atomic mass is 9.89. The van der Waals surface area contributed by atoms with Crippen LogP contribution in [0.3, 0.4) is 0 Å². The van der Waals surface area contributed by atoms with Crippen LogP contribution in [0.25, 0.3) is 10.9 Å². The van der Waals surface area contributed by atoms with Gasteiger partial charge in [0.05, 0.1) is 0 Å². The van der Waals surface area contributed by atoms with Crippen LogP contribution in [0.5, 0.6) is 0 Å². The second-order valence-electron chi connectivity index (χ2n) is 5.34. The maximum Gasteiger partial charge on any atom is 0.102 e. The zero-order chi connectivity index (χ0) is 12.2. The monoisotopic (exact) mass is 230 g/mol. The van der Waals surface area contributed by atoms with E-state index in [0.29, 0.717) is 6.54 Å². The fourth-order valence-corrected chi connectivity index (χ4v) is 3.15. The van der Waals surface area contributed by atoms with Crippen LogP contribution in [0, 0.1) is 0 Å². The van der Waals surface area contributed by atoms with Gasteiger partial charge in [-0.15, -0.1) is 0 Å². The molecular formula is C14H18N2O. The number of rotatable bonds is 0. The van der Waals surface area contributed by atoms with Crippen molar-refractivity contribution in [3.8, 4) is 0 Å². The van der Waals surface area contributed by atoms with E-state index in [9.17, 15) is 5.11 Å². The number of fused-ring (bicyclic) bond motifs is 3. The summed E-state index contributed by atoms with van der Waals surface area (Å²) < 4.78 is 2.20. The molecule has 0 radical (unpaired) electrons. The third-order valence-electron chi connectivity index (χ3n) is 3.76. The summed E-state index contributed by atoms with van der Waals surface area (Å²) in [4.78, 5) is 2.17. The molecule has 0 spiro atoms. The van der Waals surface area contributed by atoms with Crippen LogP contribution in [-0.4, -0.2) is 28.2 Å². The summed E-state index contributed by atoms with van der Waals surface area (Å²) in [6.07, 6.45) is 0. The Bertz CT molecular complexity index is 583. The zero-order valence-corrected chi connectivity index (χ0v) is 10.6. The van der Waals surface area contributed by atoms with Gasteiger partial charge >= 0.3 is 0 Å². The Morgan fingerprint density at radius 2 is 1.94 bits per heavy atom. The second-order valence-corrected chi connectivity index (χ2v) is 5.34. The third kappa shape index (κ3) is 1.43. The van der Waals surface area contributed by atoms with E-state index in [-0.39, 0.29) is 0 Å². The minimum atomic E-state index is -0.761. The van der Waals surface area contributed by atoms with Gasteiger partial charge in [0.25, 0.3) is 0 Å². The van der Waals surface area contributed by atoms with Crippen molar-refractivity contribution in [1.29, 1.82) is 0 Å². The van der Waals surface area contributed by atoms with Crippen LogP contribution in [0.1, 0.15) is 18.2 Å². The smallest absolute Gasteiger partial charge is 0.102 e. The van der Waals surface area contributed by atoms with E-state index < -0.39 is 5.60 Å². The number of hydrogen-bond donors (Lipinski definition) is 1. The number of β-amino-alcohol motifs (C(OH)–C–C–N with tert-alkyl or cyclic N) is 1. The Morgan fingerprint density at radius 1 is 1.24 bits per heavy atom. The average Bonchev–Trinajstić information content (AvgIpc) is 2.53. The van der Waals surface area contributed by atoms with Crippen molar-refractivity contribution in [2.24, 2.45) is 7.05 Å². The van der Waals surface area contributed by atoms with Crippen molar-refractivity contribution in [3.63, 3.8) is 0 Å². The molecule has 0 amide bonds. The van der Waals surface area contributed by atoms with E-state index in [1.807, 2.05) is 19.1 Å². The van der Waals surface area contributed by atoms with E-state index >= 15 is 0 Å². The summed E-state index contributed by atoms with van der Waals surface area (Å²) in [6.45, 7) is 3.50. The lowest BCUT2D eigenvalue weighted by molar-refractivity contribution is 0.00865. The quantitative estimate of drug-likeness (QED) is 0.748. The van der Waals surface area contributed by atoms with Crippen molar-refractivity contribution < 1.29 is 5.11 Å². The molecule has 3 heteroatoms. The highest BCUT2D eigenvalue weighted by molar-refractivity contribution is 5.86. The number of hydrogen-bond acceptors (Lipinski definition) is 2. The summed E-state index contributed by atoms with van der Waals surface area (Å²) in [5.74, 6) is 0. The number of aromatic nitrogens is 1. The van der Waals surface area contributed by atoms with Crippen LogP contribution in [0.15, 0.2) is 24.3 Å². The van der Waals surface area contributed by atoms with Crippen LogP contribution in [0.4, 0.5) is 0 Å². The summed E-state index contributed by atoms with van der Waals surface area (Å²) in [7, 11) is 4.13. The average molecular weight is 230 g/mol. The number of benzene rings is 1.